The fourth-order valence-electron chi connectivity index (χ4n) is 1.25. The lowest BCUT2D eigenvalue weighted by atomic mass is 10.1. The summed E-state index contributed by atoms with van der Waals surface area (Å²) in [5.41, 5.74) is 0. The van der Waals surface area contributed by atoms with Gasteiger partial charge in [0, 0.05) is 5.33 Å². The van der Waals surface area contributed by atoms with E-state index in [1.54, 1.807) is 0 Å². The van der Waals surface area contributed by atoms with Crippen LogP contribution in [0, 0.1) is 5.92 Å². The Hall–Kier alpha value is 0.430. The Kier molecular flexibility index (Phi) is 2.74. The number of halogens is 1. The van der Waals surface area contributed by atoms with Gasteiger partial charge in [-0.2, -0.15) is 0 Å². The van der Waals surface area contributed by atoms with Crippen molar-refractivity contribution in [2.75, 3.05) is 16.8 Å². The van der Waals surface area contributed by atoms with Crippen LogP contribution < -0.4 is 0 Å². The van der Waals surface area contributed by atoms with Gasteiger partial charge < -0.3 is 0 Å². The predicted octanol–water partition coefficient (Wildman–Crippen LogP) is 1.21. The Morgan fingerprint density at radius 2 is 2.20 bits per heavy atom. The van der Waals surface area contributed by atoms with Gasteiger partial charge in [-0.3, -0.25) is 0 Å². The van der Waals surface area contributed by atoms with Crippen LogP contribution in [-0.2, 0) is 9.84 Å². The molecule has 1 fully saturated rings. The molecular formula is C6H11BrO2S. The fraction of sp³-hybridized carbons (Fsp3) is 1.00. The molecule has 2 nitrogen and oxygen atoms in total. The van der Waals surface area contributed by atoms with Gasteiger partial charge in [0.25, 0.3) is 0 Å². The van der Waals surface area contributed by atoms with Gasteiger partial charge in [-0.15, -0.1) is 0 Å². The zero-order valence-electron chi connectivity index (χ0n) is 5.72. The molecule has 0 spiro atoms. The molecule has 0 amide bonds. The summed E-state index contributed by atoms with van der Waals surface area (Å²) < 4.78 is 21.8. The molecular weight excluding hydrogens is 216 g/mol. The van der Waals surface area contributed by atoms with Crippen LogP contribution >= 0.6 is 15.9 Å². The molecule has 0 aromatic rings. The first kappa shape index (κ1) is 8.53. The van der Waals surface area contributed by atoms with Gasteiger partial charge >= 0.3 is 0 Å². The zero-order chi connectivity index (χ0) is 7.61. The normalized spacial score (nSPS) is 30.7. The summed E-state index contributed by atoms with van der Waals surface area (Å²) in [5, 5.41) is 0.924. The molecule has 1 aliphatic rings. The van der Waals surface area contributed by atoms with Gasteiger partial charge in [-0.05, 0) is 18.8 Å². The van der Waals surface area contributed by atoms with Crippen molar-refractivity contribution >= 4 is 25.8 Å². The summed E-state index contributed by atoms with van der Waals surface area (Å²) in [6.45, 7) is 0. The highest BCUT2D eigenvalue weighted by atomic mass is 79.9. The van der Waals surface area contributed by atoms with E-state index in [0.717, 1.165) is 18.2 Å². The molecule has 0 bridgehead atoms. The van der Waals surface area contributed by atoms with Crippen molar-refractivity contribution in [1.29, 1.82) is 0 Å². The highest BCUT2D eigenvalue weighted by molar-refractivity contribution is 9.09. The molecule has 1 aliphatic heterocycles. The molecule has 1 heterocycles. The maximum atomic E-state index is 10.9. The van der Waals surface area contributed by atoms with Crippen molar-refractivity contribution < 1.29 is 8.42 Å². The monoisotopic (exact) mass is 226 g/mol. The van der Waals surface area contributed by atoms with E-state index in [2.05, 4.69) is 15.9 Å². The highest BCUT2D eigenvalue weighted by Crippen LogP contribution is 2.21. The van der Waals surface area contributed by atoms with Gasteiger partial charge in [-0.1, -0.05) is 15.9 Å². The topological polar surface area (TPSA) is 34.1 Å². The van der Waals surface area contributed by atoms with Crippen molar-refractivity contribution in [3.8, 4) is 0 Å². The Morgan fingerprint density at radius 3 is 2.60 bits per heavy atom. The molecule has 1 saturated heterocycles. The second-order valence-corrected chi connectivity index (χ2v) is 5.77. The second kappa shape index (κ2) is 3.22. The SMILES string of the molecule is O=S1(=O)CC[C@H](CCBr)C1. The standard InChI is InChI=1S/C6H11BrO2S/c7-3-1-6-2-4-10(8,9)5-6/h6H,1-5H2/t6-/m0/s1. The summed E-state index contributed by atoms with van der Waals surface area (Å²) in [7, 11) is -2.64. The number of sulfone groups is 1. The van der Waals surface area contributed by atoms with E-state index >= 15 is 0 Å². The van der Waals surface area contributed by atoms with Gasteiger partial charge in [0.15, 0.2) is 9.84 Å². The molecule has 0 aromatic carbocycles. The van der Waals surface area contributed by atoms with Gasteiger partial charge in [0.1, 0.15) is 0 Å². The maximum absolute atomic E-state index is 10.9. The van der Waals surface area contributed by atoms with E-state index in [0.29, 0.717) is 17.4 Å². The van der Waals surface area contributed by atoms with E-state index in [1.165, 1.54) is 0 Å². The van der Waals surface area contributed by atoms with Crippen LogP contribution in [0.5, 0.6) is 0 Å². The Bertz CT molecular complexity index is 198. The first-order chi connectivity index (χ1) is 4.64. The molecule has 0 radical (unpaired) electrons. The first-order valence-corrected chi connectivity index (χ1v) is 6.35. The summed E-state index contributed by atoms with van der Waals surface area (Å²) in [6.07, 6.45) is 1.87. The summed E-state index contributed by atoms with van der Waals surface area (Å²) in [5.74, 6) is 1.24. The molecule has 60 valence electrons. The van der Waals surface area contributed by atoms with E-state index in [1.807, 2.05) is 0 Å². The predicted molar refractivity (Wildman–Crippen MR) is 45.2 cm³/mol. The van der Waals surface area contributed by atoms with Crippen molar-refractivity contribution in [3.05, 3.63) is 0 Å². The molecule has 1 rings (SSSR count). The minimum Gasteiger partial charge on any atom is -0.229 e. The fourth-order valence-corrected chi connectivity index (χ4v) is 3.81. The number of hydrogen-bond acceptors (Lipinski definition) is 2. The Labute approximate surface area is 70.1 Å². The van der Waals surface area contributed by atoms with E-state index in [4.69, 9.17) is 0 Å². The quantitative estimate of drug-likeness (QED) is 0.664. The van der Waals surface area contributed by atoms with E-state index < -0.39 is 9.84 Å². The van der Waals surface area contributed by atoms with Crippen molar-refractivity contribution in [2.24, 2.45) is 5.92 Å². The average Bonchev–Trinajstić information content (AvgIpc) is 2.12. The lowest BCUT2D eigenvalue weighted by molar-refractivity contribution is 0.575. The summed E-state index contributed by atoms with van der Waals surface area (Å²) in [4.78, 5) is 0. The minimum atomic E-state index is -2.64. The third-order valence-corrected chi connectivity index (χ3v) is 4.14. The molecule has 0 unspecified atom stereocenters. The van der Waals surface area contributed by atoms with Crippen LogP contribution in [0.3, 0.4) is 0 Å². The molecule has 0 saturated carbocycles. The molecule has 1 atom stereocenters. The Morgan fingerprint density at radius 1 is 1.50 bits per heavy atom. The maximum Gasteiger partial charge on any atom is 0.150 e. The second-order valence-electron chi connectivity index (χ2n) is 2.75. The van der Waals surface area contributed by atoms with Crippen LogP contribution in [0.15, 0.2) is 0 Å². The van der Waals surface area contributed by atoms with Crippen LogP contribution in [0.2, 0.25) is 0 Å². The summed E-state index contributed by atoms with van der Waals surface area (Å²) >= 11 is 3.30. The first-order valence-electron chi connectivity index (χ1n) is 3.40. The van der Waals surface area contributed by atoms with Gasteiger partial charge in [0.2, 0.25) is 0 Å². The highest BCUT2D eigenvalue weighted by Gasteiger charge is 2.26. The van der Waals surface area contributed by atoms with Crippen molar-refractivity contribution in [2.45, 2.75) is 12.8 Å². The van der Waals surface area contributed by atoms with E-state index in [9.17, 15) is 8.42 Å². The van der Waals surface area contributed by atoms with Crippen LogP contribution in [0.1, 0.15) is 12.8 Å². The van der Waals surface area contributed by atoms with Crippen LogP contribution in [-0.4, -0.2) is 25.3 Å². The molecule has 0 N–H and O–H groups in total. The van der Waals surface area contributed by atoms with Gasteiger partial charge in [0.05, 0.1) is 11.5 Å². The third kappa shape index (κ3) is 2.23. The lowest BCUT2D eigenvalue weighted by Crippen LogP contribution is -2.04. The molecule has 10 heavy (non-hydrogen) atoms. The third-order valence-electron chi connectivity index (χ3n) is 1.84. The molecule has 0 aromatic heterocycles. The van der Waals surface area contributed by atoms with Crippen LogP contribution in [0.4, 0.5) is 0 Å². The van der Waals surface area contributed by atoms with Crippen molar-refractivity contribution in [3.63, 3.8) is 0 Å². The number of hydrogen-bond donors (Lipinski definition) is 0. The largest absolute Gasteiger partial charge is 0.229 e. The Balaban J connectivity index is 2.44. The van der Waals surface area contributed by atoms with E-state index in [-0.39, 0.29) is 0 Å². The van der Waals surface area contributed by atoms with Gasteiger partial charge in [-0.25, -0.2) is 8.42 Å². The molecule has 0 aliphatic carbocycles. The van der Waals surface area contributed by atoms with Crippen molar-refractivity contribution in [1.82, 2.24) is 0 Å². The minimum absolute atomic E-state index is 0.407. The smallest absolute Gasteiger partial charge is 0.150 e. The summed E-state index contributed by atoms with van der Waals surface area (Å²) in [6, 6.07) is 0. The number of rotatable bonds is 2. The molecule has 4 heteroatoms. The average molecular weight is 227 g/mol. The van der Waals surface area contributed by atoms with Crippen LogP contribution in [0.25, 0.3) is 0 Å². The zero-order valence-corrected chi connectivity index (χ0v) is 8.12. The lowest BCUT2D eigenvalue weighted by Gasteiger charge is -2.01. The number of alkyl halides is 1.